The molecule has 0 saturated heterocycles. The summed E-state index contributed by atoms with van der Waals surface area (Å²) in [6.45, 7) is -1.44. The van der Waals surface area contributed by atoms with Crippen molar-refractivity contribution in [1.29, 1.82) is 0 Å². The molecule has 0 radical (unpaired) electrons. The Morgan fingerprint density at radius 2 is 2.00 bits per heavy atom. The molecular weight excluding hydrogens is 214 g/mol. The molecule has 4 nitrogen and oxygen atoms in total. The van der Waals surface area contributed by atoms with Crippen molar-refractivity contribution in [2.45, 2.75) is 6.18 Å². The van der Waals surface area contributed by atoms with E-state index < -0.39 is 19.9 Å². The standard InChI is InChI=1S/C7H7BF3NO3/c9-7(10,11)4-15-6-1-5(8(13)14)2-12-3-6/h1-3,13-14H,4H2. The van der Waals surface area contributed by atoms with Gasteiger partial charge in [0.2, 0.25) is 0 Å². The monoisotopic (exact) mass is 221 g/mol. The fourth-order valence-corrected chi connectivity index (χ4v) is 0.821. The third-order valence-corrected chi connectivity index (χ3v) is 1.43. The second kappa shape index (κ2) is 4.50. The highest BCUT2D eigenvalue weighted by Gasteiger charge is 2.28. The number of ether oxygens (including phenoxy) is 1. The highest BCUT2D eigenvalue weighted by atomic mass is 19.4. The quantitative estimate of drug-likeness (QED) is 0.688. The first-order valence-corrected chi connectivity index (χ1v) is 3.89. The van der Waals surface area contributed by atoms with Crippen molar-refractivity contribution in [2.24, 2.45) is 0 Å². The number of alkyl halides is 3. The van der Waals surface area contributed by atoms with Crippen LogP contribution in [0.25, 0.3) is 0 Å². The van der Waals surface area contributed by atoms with Crippen LogP contribution in [-0.2, 0) is 0 Å². The van der Waals surface area contributed by atoms with Gasteiger partial charge in [0.15, 0.2) is 6.61 Å². The summed E-state index contributed by atoms with van der Waals surface area (Å²) in [5, 5.41) is 17.4. The van der Waals surface area contributed by atoms with E-state index in [1.165, 1.54) is 0 Å². The molecule has 15 heavy (non-hydrogen) atoms. The largest absolute Gasteiger partial charge is 0.490 e. The number of pyridine rings is 1. The maximum absolute atomic E-state index is 11.8. The first kappa shape index (κ1) is 11.8. The summed E-state index contributed by atoms with van der Waals surface area (Å²) in [6.07, 6.45) is -2.27. The topological polar surface area (TPSA) is 62.6 Å². The van der Waals surface area contributed by atoms with Crippen LogP contribution in [0.1, 0.15) is 0 Å². The molecule has 0 bridgehead atoms. The minimum atomic E-state index is -4.44. The van der Waals surface area contributed by atoms with Gasteiger partial charge in [-0.3, -0.25) is 4.98 Å². The average Bonchev–Trinajstić information content (AvgIpc) is 2.14. The Morgan fingerprint density at radius 3 is 2.53 bits per heavy atom. The highest BCUT2D eigenvalue weighted by Crippen LogP contribution is 2.16. The molecule has 0 aromatic carbocycles. The van der Waals surface area contributed by atoms with E-state index in [1.807, 2.05) is 0 Å². The maximum atomic E-state index is 11.8. The molecule has 82 valence electrons. The SMILES string of the molecule is OB(O)c1cncc(OCC(F)(F)F)c1. The lowest BCUT2D eigenvalue weighted by molar-refractivity contribution is -0.153. The van der Waals surface area contributed by atoms with E-state index >= 15 is 0 Å². The summed E-state index contributed by atoms with van der Waals surface area (Å²) in [4.78, 5) is 3.49. The van der Waals surface area contributed by atoms with Crippen LogP contribution in [-0.4, -0.2) is 34.9 Å². The van der Waals surface area contributed by atoms with E-state index in [1.54, 1.807) is 0 Å². The summed E-state index contributed by atoms with van der Waals surface area (Å²) in [7, 11) is -1.79. The van der Waals surface area contributed by atoms with Crippen molar-refractivity contribution in [3.8, 4) is 5.75 Å². The summed E-state index contributed by atoms with van der Waals surface area (Å²) < 4.78 is 39.6. The van der Waals surface area contributed by atoms with Gasteiger partial charge in [-0.2, -0.15) is 13.2 Å². The lowest BCUT2D eigenvalue weighted by Gasteiger charge is -2.09. The molecule has 0 saturated carbocycles. The number of hydrogen-bond donors (Lipinski definition) is 2. The Balaban J connectivity index is 2.66. The van der Waals surface area contributed by atoms with Crippen LogP contribution in [0.2, 0.25) is 0 Å². The molecule has 1 rings (SSSR count). The second-order valence-corrected chi connectivity index (χ2v) is 2.73. The fourth-order valence-electron chi connectivity index (χ4n) is 0.821. The van der Waals surface area contributed by atoms with Gasteiger partial charge in [-0.1, -0.05) is 0 Å². The molecule has 0 atom stereocenters. The van der Waals surface area contributed by atoms with E-state index in [2.05, 4.69) is 9.72 Å². The lowest BCUT2D eigenvalue weighted by Crippen LogP contribution is -2.30. The minimum Gasteiger partial charge on any atom is -0.483 e. The van der Waals surface area contributed by atoms with Gasteiger partial charge < -0.3 is 14.8 Å². The van der Waals surface area contributed by atoms with E-state index in [0.29, 0.717) is 0 Å². The van der Waals surface area contributed by atoms with Gasteiger partial charge in [0.1, 0.15) is 5.75 Å². The van der Waals surface area contributed by atoms with Gasteiger partial charge >= 0.3 is 13.3 Å². The van der Waals surface area contributed by atoms with Crippen molar-refractivity contribution in [1.82, 2.24) is 4.98 Å². The van der Waals surface area contributed by atoms with Crippen LogP contribution in [0.3, 0.4) is 0 Å². The Hall–Kier alpha value is -1.28. The molecule has 8 heteroatoms. The third kappa shape index (κ3) is 4.17. The molecule has 2 N–H and O–H groups in total. The summed E-state index contributed by atoms with van der Waals surface area (Å²) in [5.41, 5.74) is -0.0327. The highest BCUT2D eigenvalue weighted by molar-refractivity contribution is 6.58. The molecule has 0 amide bonds. The number of halogens is 3. The van der Waals surface area contributed by atoms with Crippen molar-refractivity contribution < 1.29 is 28.0 Å². The number of nitrogens with zero attached hydrogens (tertiary/aromatic N) is 1. The smallest absolute Gasteiger partial charge is 0.483 e. The Morgan fingerprint density at radius 1 is 1.33 bits per heavy atom. The maximum Gasteiger partial charge on any atom is 0.490 e. The van der Waals surface area contributed by atoms with Crippen LogP contribution in [0.4, 0.5) is 13.2 Å². The summed E-state index contributed by atoms with van der Waals surface area (Å²) >= 11 is 0. The molecule has 0 fully saturated rings. The van der Waals surface area contributed by atoms with Crippen LogP contribution >= 0.6 is 0 Å². The zero-order chi connectivity index (χ0) is 11.5. The van der Waals surface area contributed by atoms with Crippen LogP contribution in [0, 0.1) is 0 Å². The van der Waals surface area contributed by atoms with Gasteiger partial charge in [0, 0.05) is 11.7 Å². The number of aromatic nitrogens is 1. The van der Waals surface area contributed by atoms with Crippen LogP contribution < -0.4 is 10.2 Å². The van der Waals surface area contributed by atoms with E-state index in [-0.39, 0.29) is 11.2 Å². The van der Waals surface area contributed by atoms with Gasteiger partial charge in [-0.05, 0) is 6.07 Å². The molecule has 1 heterocycles. The minimum absolute atomic E-state index is 0.0327. The molecule has 1 aromatic heterocycles. The van der Waals surface area contributed by atoms with Crippen LogP contribution in [0.5, 0.6) is 5.75 Å². The van der Waals surface area contributed by atoms with Gasteiger partial charge in [0.05, 0.1) is 6.20 Å². The number of rotatable bonds is 3. The molecule has 1 aromatic rings. The lowest BCUT2D eigenvalue weighted by atomic mass is 9.82. The number of hydrogen-bond acceptors (Lipinski definition) is 4. The molecule has 0 aliphatic heterocycles. The zero-order valence-electron chi connectivity index (χ0n) is 7.40. The first-order valence-electron chi connectivity index (χ1n) is 3.89. The second-order valence-electron chi connectivity index (χ2n) is 2.73. The summed E-state index contributed by atoms with van der Waals surface area (Å²) in [5.74, 6) is -0.169. The van der Waals surface area contributed by atoms with Gasteiger partial charge in [-0.25, -0.2) is 0 Å². The molecule has 0 spiro atoms. The van der Waals surface area contributed by atoms with Crippen molar-refractivity contribution in [3.63, 3.8) is 0 Å². The van der Waals surface area contributed by atoms with E-state index in [9.17, 15) is 13.2 Å². The van der Waals surface area contributed by atoms with Crippen LogP contribution in [0.15, 0.2) is 18.5 Å². The van der Waals surface area contributed by atoms with Gasteiger partial charge in [-0.15, -0.1) is 0 Å². The van der Waals surface area contributed by atoms with Crippen molar-refractivity contribution >= 4 is 12.6 Å². The molecular formula is C7H7BF3NO3. The fraction of sp³-hybridized carbons (Fsp3) is 0.286. The molecule has 0 unspecified atom stereocenters. The predicted molar refractivity (Wildman–Crippen MR) is 45.6 cm³/mol. The van der Waals surface area contributed by atoms with E-state index in [0.717, 1.165) is 18.5 Å². The Kier molecular flexibility index (Phi) is 3.54. The third-order valence-electron chi connectivity index (χ3n) is 1.43. The normalized spacial score (nSPS) is 11.3. The molecule has 0 aliphatic carbocycles. The van der Waals surface area contributed by atoms with Gasteiger partial charge in [0.25, 0.3) is 0 Å². The van der Waals surface area contributed by atoms with Crippen molar-refractivity contribution in [3.05, 3.63) is 18.5 Å². The van der Waals surface area contributed by atoms with Crippen molar-refractivity contribution in [2.75, 3.05) is 6.61 Å². The zero-order valence-corrected chi connectivity index (χ0v) is 7.40. The Bertz CT molecular complexity index is 332. The predicted octanol–water partition coefficient (Wildman–Crippen LogP) is -0.298. The molecule has 0 aliphatic rings. The van der Waals surface area contributed by atoms with E-state index in [4.69, 9.17) is 10.0 Å². The summed E-state index contributed by atoms with van der Waals surface area (Å²) in [6, 6.07) is 1.07. The first-order chi connectivity index (χ1) is 6.88. The average molecular weight is 221 g/mol. The Labute approximate surface area is 83.5 Å².